The lowest BCUT2D eigenvalue weighted by Gasteiger charge is -2.16. The Morgan fingerprint density at radius 3 is 2.50 bits per heavy atom. The van der Waals surface area contributed by atoms with E-state index in [4.69, 9.17) is 0 Å². The normalized spacial score (nSPS) is 18.1. The Morgan fingerprint density at radius 1 is 1.09 bits per heavy atom. The number of carbonyl (C=O) groups is 1. The van der Waals surface area contributed by atoms with Crippen molar-refractivity contribution >= 4 is 5.78 Å². The first-order chi connectivity index (χ1) is 10.6. The molecule has 1 aliphatic rings. The second kappa shape index (κ2) is 6.48. The highest BCUT2D eigenvalue weighted by Crippen LogP contribution is 2.32. The molecule has 114 valence electrons. The maximum Gasteiger partial charge on any atom is 0.136 e. The third kappa shape index (κ3) is 3.14. The Hall–Kier alpha value is -1.89. The molecule has 1 aliphatic carbocycles. The zero-order valence-electron chi connectivity index (χ0n) is 13.5. The van der Waals surface area contributed by atoms with E-state index in [1.165, 1.54) is 22.3 Å². The number of carbonyl (C=O) groups excluding carboxylic acids is 1. The maximum atomic E-state index is 11.9. The van der Waals surface area contributed by atoms with E-state index in [9.17, 15) is 4.79 Å². The largest absolute Gasteiger partial charge is 0.299 e. The highest BCUT2D eigenvalue weighted by atomic mass is 16.1. The summed E-state index contributed by atoms with van der Waals surface area (Å²) in [6.45, 7) is 4.48. The van der Waals surface area contributed by atoms with E-state index in [2.05, 4.69) is 62.4 Å². The van der Waals surface area contributed by atoms with Crippen molar-refractivity contribution < 1.29 is 4.79 Å². The van der Waals surface area contributed by atoms with E-state index < -0.39 is 0 Å². The number of hydrogen-bond donors (Lipinski definition) is 0. The third-order valence-corrected chi connectivity index (χ3v) is 4.74. The molecule has 1 heteroatoms. The quantitative estimate of drug-likeness (QED) is 0.738. The van der Waals surface area contributed by atoms with Crippen molar-refractivity contribution in [2.45, 2.75) is 45.4 Å². The molecule has 22 heavy (non-hydrogen) atoms. The summed E-state index contributed by atoms with van der Waals surface area (Å²) in [6, 6.07) is 17.3. The molecule has 1 fully saturated rings. The lowest BCUT2D eigenvalue weighted by atomic mass is 9.88. The van der Waals surface area contributed by atoms with Crippen molar-refractivity contribution in [3.8, 4) is 11.1 Å². The summed E-state index contributed by atoms with van der Waals surface area (Å²) in [5.41, 5.74) is 5.26. The average Bonchev–Trinajstić information content (AvgIpc) is 2.93. The van der Waals surface area contributed by atoms with Crippen LogP contribution in [0.25, 0.3) is 11.1 Å². The third-order valence-electron chi connectivity index (χ3n) is 4.74. The molecule has 0 aliphatic heterocycles. The van der Waals surface area contributed by atoms with Crippen LogP contribution < -0.4 is 0 Å². The van der Waals surface area contributed by atoms with E-state index >= 15 is 0 Å². The zero-order chi connectivity index (χ0) is 15.5. The molecule has 0 bridgehead atoms. The standard InChI is InChI=1S/C21H24O/c1-15(2)19-12-11-16(13-18-9-6-10-21(18)22)14-20(19)17-7-4-3-5-8-17/h3-5,7-8,11-12,14-15,18H,6,9-10,13H2,1-2H3. The molecule has 0 saturated heterocycles. The molecule has 3 rings (SSSR count). The molecular weight excluding hydrogens is 268 g/mol. The van der Waals surface area contributed by atoms with Crippen LogP contribution in [0.2, 0.25) is 0 Å². The molecule has 1 atom stereocenters. The van der Waals surface area contributed by atoms with Crippen LogP contribution in [-0.4, -0.2) is 5.78 Å². The molecule has 1 unspecified atom stereocenters. The fourth-order valence-electron chi connectivity index (χ4n) is 3.49. The monoisotopic (exact) mass is 292 g/mol. The summed E-state index contributed by atoms with van der Waals surface area (Å²) < 4.78 is 0. The molecule has 0 amide bonds. The summed E-state index contributed by atoms with van der Waals surface area (Å²) in [4.78, 5) is 11.9. The highest BCUT2D eigenvalue weighted by Gasteiger charge is 2.24. The fraction of sp³-hybridized carbons (Fsp3) is 0.381. The predicted molar refractivity (Wildman–Crippen MR) is 92.0 cm³/mol. The molecular formula is C21H24O. The van der Waals surface area contributed by atoms with Crippen molar-refractivity contribution in [3.05, 3.63) is 59.7 Å². The Bertz CT molecular complexity index is 655. The van der Waals surface area contributed by atoms with Crippen LogP contribution in [0.5, 0.6) is 0 Å². The lowest BCUT2D eigenvalue weighted by molar-refractivity contribution is -0.120. The van der Waals surface area contributed by atoms with Gasteiger partial charge in [-0.15, -0.1) is 0 Å². The molecule has 2 aromatic rings. The lowest BCUT2D eigenvalue weighted by Crippen LogP contribution is -2.09. The van der Waals surface area contributed by atoms with E-state index in [1.807, 2.05) is 0 Å². The van der Waals surface area contributed by atoms with E-state index in [0.29, 0.717) is 11.7 Å². The first kappa shape index (κ1) is 15.0. The molecule has 0 radical (unpaired) electrons. The van der Waals surface area contributed by atoms with E-state index in [1.54, 1.807) is 0 Å². The Kier molecular flexibility index (Phi) is 4.42. The predicted octanol–water partition coefficient (Wildman–Crippen LogP) is 5.39. The number of benzene rings is 2. The van der Waals surface area contributed by atoms with Gasteiger partial charge in [0.2, 0.25) is 0 Å². The van der Waals surface area contributed by atoms with Gasteiger partial charge in [-0.1, -0.05) is 62.4 Å². The molecule has 0 N–H and O–H groups in total. The SMILES string of the molecule is CC(C)c1ccc(CC2CCCC2=O)cc1-c1ccccc1. The van der Waals surface area contributed by atoms with Gasteiger partial charge in [0.05, 0.1) is 0 Å². The van der Waals surface area contributed by atoms with Crippen molar-refractivity contribution in [1.82, 2.24) is 0 Å². The number of hydrogen-bond acceptors (Lipinski definition) is 1. The van der Waals surface area contributed by atoms with Gasteiger partial charge < -0.3 is 0 Å². The van der Waals surface area contributed by atoms with Crippen LogP contribution in [0, 0.1) is 5.92 Å². The van der Waals surface area contributed by atoms with Crippen LogP contribution in [0.3, 0.4) is 0 Å². The average molecular weight is 292 g/mol. The van der Waals surface area contributed by atoms with E-state index in [0.717, 1.165) is 25.7 Å². The minimum atomic E-state index is 0.244. The zero-order valence-corrected chi connectivity index (χ0v) is 13.5. The van der Waals surface area contributed by atoms with Gasteiger partial charge in [0.1, 0.15) is 5.78 Å². The Morgan fingerprint density at radius 2 is 1.86 bits per heavy atom. The molecule has 0 aromatic heterocycles. The van der Waals surface area contributed by atoms with Crippen LogP contribution >= 0.6 is 0 Å². The summed E-state index contributed by atoms with van der Waals surface area (Å²) in [7, 11) is 0. The summed E-state index contributed by atoms with van der Waals surface area (Å²) in [5, 5.41) is 0. The van der Waals surface area contributed by atoms with Crippen LogP contribution in [0.15, 0.2) is 48.5 Å². The number of Topliss-reactive ketones (excluding diaryl/α,β-unsaturated/α-hetero) is 1. The van der Waals surface area contributed by atoms with E-state index in [-0.39, 0.29) is 5.92 Å². The molecule has 1 saturated carbocycles. The van der Waals surface area contributed by atoms with Crippen molar-refractivity contribution in [3.63, 3.8) is 0 Å². The summed E-state index contributed by atoms with van der Waals surface area (Å²) in [5.74, 6) is 1.19. The van der Waals surface area contributed by atoms with Crippen LogP contribution in [-0.2, 0) is 11.2 Å². The van der Waals surface area contributed by atoms with Gasteiger partial charge in [-0.05, 0) is 47.4 Å². The van der Waals surface area contributed by atoms with Crippen LogP contribution in [0.1, 0.15) is 50.2 Å². The van der Waals surface area contributed by atoms with Gasteiger partial charge in [-0.3, -0.25) is 4.79 Å². The van der Waals surface area contributed by atoms with Crippen molar-refractivity contribution in [1.29, 1.82) is 0 Å². The smallest absolute Gasteiger partial charge is 0.136 e. The first-order valence-corrected chi connectivity index (χ1v) is 8.36. The molecule has 0 spiro atoms. The topological polar surface area (TPSA) is 17.1 Å². The van der Waals surface area contributed by atoms with Crippen LogP contribution in [0.4, 0.5) is 0 Å². The summed E-state index contributed by atoms with van der Waals surface area (Å²) >= 11 is 0. The maximum absolute atomic E-state index is 11.9. The van der Waals surface area contributed by atoms with Gasteiger partial charge in [0, 0.05) is 12.3 Å². The van der Waals surface area contributed by atoms with Gasteiger partial charge in [0.25, 0.3) is 0 Å². The van der Waals surface area contributed by atoms with Crippen molar-refractivity contribution in [2.24, 2.45) is 5.92 Å². The molecule has 2 aromatic carbocycles. The second-order valence-electron chi connectivity index (χ2n) is 6.70. The van der Waals surface area contributed by atoms with Gasteiger partial charge in [-0.25, -0.2) is 0 Å². The van der Waals surface area contributed by atoms with Gasteiger partial charge in [0.15, 0.2) is 0 Å². The summed E-state index contributed by atoms with van der Waals surface area (Å²) in [6.07, 6.45) is 3.81. The minimum absolute atomic E-state index is 0.244. The Labute approximate surface area is 133 Å². The van der Waals surface area contributed by atoms with Gasteiger partial charge in [-0.2, -0.15) is 0 Å². The highest BCUT2D eigenvalue weighted by molar-refractivity contribution is 5.83. The fourth-order valence-corrected chi connectivity index (χ4v) is 3.49. The second-order valence-corrected chi connectivity index (χ2v) is 6.70. The first-order valence-electron chi connectivity index (χ1n) is 8.36. The number of rotatable bonds is 4. The van der Waals surface area contributed by atoms with Crippen molar-refractivity contribution in [2.75, 3.05) is 0 Å². The molecule has 1 nitrogen and oxygen atoms in total. The minimum Gasteiger partial charge on any atom is -0.299 e. The Balaban J connectivity index is 1.95. The molecule has 0 heterocycles. The number of ketones is 1. The van der Waals surface area contributed by atoms with Gasteiger partial charge >= 0.3 is 0 Å².